The summed E-state index contributed by atoms with van der Waals surface area (Å²) in [5.74, 6) is -1.26. The van der Waals surface area contributed by atoms with Crippen molar-refractivity contribution < 1.29 is 29.3 Å². The SMILES string of the molecule is CCOc1cccc([SiH2]CCCCC(CC(=O)O)C(=O)O)c1OCC. The fourth-order valence-electron chi connectivity index (χ4n) is 2.74. The average molecular weight is 369 g/mol. The average Bonchev–Trinajstić information content (AvgIpc) is 2.55. The summed E-state index contributed by atoms with van der Waals surface area (Å²) >= 11 is 0. The van der Waals surface area contributed by atoms with Crippen LogP contribution in [0.2, 0.25) is 6.04 Å². The number of ether oxygens (including phenoxy) is 2. The first kappa shape index (κ1) is 21.0. The van der Waals surface area contributed by atoms with Crippen LogP contribution in [0.25, 0.3) is 0 Å². The Hall–Kier alpha value is -2.02. The molecule has 0 aliphatic carbocycles. The van der Waals surface area contributed by atoms with Crippen molar-refractivity contribution in [1.82, 2.24) is 0 Å². The lowest BCUT2D eigenvalue weighted by Gasteiger charge is -2.15. The van der Waals surface area contributed by atoms with E-state index in [1.165, 1.54) is 5.19 Å². The van der Waals surface area contributed by atoms with Gasteiger partial charge in [0.2, 0.25) is 0 Å². The standard InChI is InChI=1S/C18H28O6Si/c1-3-23-14-9-7-10-15(17(14)24-4-2)25-11-6-5-8-13(18(21)22)12-16(19)20/h7,9-10,13H,3-6,8,11-12,25H2,1-2H3,(H,19,20)(H,21,22). The zero-order valence-electron chi connectivity index (χ0n) is 15.0. The van der Waals surface area contributed by atoms with Gasteiger partial charge >= 0.3 is 11.9 Å². The molecule has 0 radical (unpaired) electrons. The van der Waals surface area contributed by atoms with Crippen LogP contribution in [0.3, 0.4) is 0 Å². The molecule has 0 bridgehead atoms. The molecule has 1 unspecified atom stereocenters. The number of carboxylic acids is 2. The van der Waals surface area contributed by atoms with Gasteiger partial charge in [-0.3, -0.25) is 9.59 Å². The zero-order valence-corrected chi connectivity index (χ0v) is 16.4. The summed E-state index contributed by atoms with van der Waals surface area (Å²) in [6.07, 6.45) is 1.73. The van der Waals surface area contributed by atoms with Gasteiger partial charge in [-0.1, -0.05) is 31.0 Å². The number of para-hydroxylation sites is 1. The van der Waals surface area contributed by atoms with Gasteiger partial charge in [0.05, 0.1) is 35.1 Å². The van der Waals surface area contributed by atoms with E-state index in [2.05, 4.69) is 6.07 Å². The first-order valence-electron chi connectivity index (χ1n) is 8.81. The van der Waals surface area contributed by atoms with Gasteiger partial charge in [-0.15, -0.1) is 0 Å². The quantitative estimate of drug-likeness (QED) is 0.409. The third kappa shape index (κ3) is 7.60. The molecule has 7 heteroatoms. The van der Waals surface area contributed by atoms with Crippen LogP contribution < -0.4 is 14.7 Å². The highest BCUT2D eigenvalue weighted by Gasteiger charge is 2.20. The predicted octanol–water partition coefficient (Wildman–Crippen LogP) is 2.04. The summed E-state index contributed by atoms with van der Waals surface area (Å²) in [6, 6.07) is 6.98. The molecule has 0 heterocycles. The topological polar surface area (TPSA) is 93.1 Å². The number of carboxylic acid groups (broad SMARTS) is 2. The minimum atomic E-state index is -1.06. The summed E-state index contributed by atoms with van der Waals surface area (Å²) in [7, 11) is -0.554. The smallest absolute Gasteiger partial charge is 0.307 e. The number of aliphatic carboxylic acids is 2. The predicted molar refractivity (Wildman–Crippen MR) is 99.0 cm³/mol. The molecule has 0 spiro atoms. The summed E-state index contributed by atoms with van der Waals surface area (Å²) in [5, 5.41) is 19.0. The number of rotatable bonds is 13. The van der Waals surface area contributed by atoms with Crippen LogP contribution in [-0.4, -0.2) is 44.9 Å². The number of carbonyl (C=O) groups is 2. The van der Waals surface area contributed by atoms with Crippen molar-refractivity contribution in [2.75, 3.05) is 13.2 Å². The Morgan fingerprint density at radius 3 is 2.44 bits per heavy atom. The van der Waals surface area contributed by atoms with Crippen LogP contribution in [-0.2, 0) is 9.59 Å². The van der Waals surface area contributed by atoms with Gasteiger partial charge in [0.15, 0.2) is 11.5 Å². The highest BCUT2D eigenvalue weighted by Crippen LogP contribution is 2.25. The largest absolute Gasteiger partial charge is 0.490 e. The number of unbranched alkanes of at least 4 members (excludes halogenated alkanes) is 1. The Labute approximate surface area is 151 Å². The molecule has 0 aromatic heterocycles. The third-order valence-electron chi connectivity index (χ3n) is 3.92. The Morgan fingerprint density at radius 2 is 1.84 bits per heavy atom. The molecule has 0 saturated carbocycles. The molecule has 1 aromatic rings. The van der Waals surface area contributed by atoms with Crippen molar-refractivity contribution in [1.29, 1.82) is 0 Å². The van der Waals surface area contributed by atoms with Gasteiger partial charge in [-0.25, -0.2) is 0 Å². The molecule has 25 heavy (non-hydrogen) atoms. The highest BCUT2D eigenvalue weighted by molar-refractivity contribution is 6.54. The second-order valence-corrected chi connectivity index (χ2v) is 7.81. The molecular formula is C18H28O6Si. The van der Waals surface area contributed by atoms with Crippen LogP contribution in [0.15, 0.2) is 18.2 Å². The molecule has 0 aliphatic heterocycles. The zero-order chi connectivity index (χ0) is 18.7. The van der Waals surface area contributed by atoms with E-state index < -0.39 is 27.4 Å². The first-order valence-corrected chi connectivity index (χ1v) is 10.5. The van der Waals surface area contributed by atoms with E-state index >= 15 is 0 Å². The minimum Gasteiger partial charge on any atom is -0.490 e. The maximum atomic E-state index is 11.1. The maximum absolute atomic E-state index is 11.1. The molecular weight excluding hydrogens is 340 g/mol. The van der Waals surface area contributed by atoms with Crippen LogP contribution >= 0.6 is 0 Å². The van der Waals surface area contributed by atoms with E-state index in [1.807, 2.05) is 26.0 Å². The fourth-order valence-corrected chi connectivity index (χ4v) is 4.53. The van der Waals surface area contributed by atoms with Crippen molar-refractivity contribution in [2.45, 2.75) is 45.6 Å². The molecule has 0 fully saturated rings. The molecule has 2 N–H and O–H groups in total. The molecule has 0 saturated heterocycles. The fraction of sp³-hybridized carbons (Fsp3) is 0.556. The Kier molecular flexibility index (Phi) is 9.68. The van der Waals surface area contributed by atoms with E-state index in [9.17, 15) is 9.59 Å². The molecule has 140 valence electrons. The van der Waals surface area contributed by atoms with Crippen molar-refractivity contribution >= 4 is 26.6 Å². The van der Waals surface area contributed by atoms with Gasteiger partial charge in [0.25, 0.3) is 0 Å². The van der Waals surface area contributed by atoms with Crippen molar-refractivity contribution in [3.63, 3.8) is 0 Å². The van der Waals surface area contributed by atoms with Crippen LogP contribution in [0.4, 0.5) is 0 Å². The molecule has 6 nitrogen and oxygen atoms in total. The van der Waals surface area contributed by atoms with Crippen LogP contribution in [0.5, 0.6) is 11.5 Å². The van der Waals surface area contributed by atoms with Crippen LogP contribution in [0, 0.1) is 5.92 Å². The molecule has 1 aromatic carbocycles. The second-order valence-electron chi connectivity index (χ2n) is 5.84. The highest BCUT2D eigenvalue weighted by atomic mass is 28.2. The normalized spacial score (nSPS) is 12.2. The van der Waals surface area contributed by atoms with Gasteiger partial charge in [0.1, 0.15) is 0 Å². The summed E-state index contributed by atoms with van der Waals surface area (Å²) in [5.41, 5.74) is 0. The van der Waals surface area contributed by atoms with E-state index in [-0.39, 0.29) is 6.42 Å². The van der Waals surface area contributed by atoms with E-state index in [4.69, 9.17) is 19.7 Å². The summed E-state index contributed by atoms with van der Waals surface area (Å²) < 4.78 is 11.4. The Bertz CT molecular complexity index is 560. The number of benzene rings is 1. The van der Waals surface area contributed by atoms with Crippen molar-refractivity contribution in [3.05, 3.63) is 18.2 Å². The van der Waals surface area contributed by atoms with Crippen molar-refractivity contribution in [3.8, 4) is 11.5 Å². The van der Waals surface area contributed by atoms with E-state index in [0.29, 0.717) is 19.6 Å². The van der Waals surface area contributed by atoms with E-state index in [0.717, 1.165) is 30.4 Å². The van der Waals surface area contributed by atoms with Crippen LogP contribution in [0.1, 0.15) is 39.5 Å². The summed E-state index contributed by atoms with van der Waals surface area (Å²) in [6.45, 7) is 5.06. The summed E-state index contributed by atoms with van der Waals surface area (Å²) in [4.78, 5) is 21.7. The molecule has 1 atom stereocenters. The lowest BCUT2D eigenvalue weighted by atomic mass is 9.99. The van der Waals surface area contributed by atoms with Crippen molar-refractivity contribution in [2.24, 2.45) is 5.92 Å². The molecule has 0 aliphatic rings. The Balaban J connectivity index is 2.51. The number of hydrogen-bond donors (Lipinski definition) is 2. The maximum Gasteiger partial charge on any atom is 0.307 e. The lowest BCUT2D eigenvalue weighted by Crippen LogP contribution is -2.19. The number of hydrogen-bond acceptors (Lipinski definition) is 4. The molecule has 1 rings (SSSR count). The second kappa shape index (κ2) is 11.5. The molecule has 0 amide bonds. The Morgan fingerprint density at radius 1 is 1.12 bits per heavy atom. The van der Waals surface area contributed by atoms with Gasteiger partial charge in [-0.2, -0.15) is 0 Å². The minimum absolute atomic E-state index is 0.308. The monoisotopic (exact) mass is 368 g/mol. The third-order valence-corrected chi connectivity index (χ3v) is 5.87. The first-order chi connectivity index (χ1) is 12.0. The van der Waals surface area contributed by atoms with E-state index in [1.54, 1.807) is 0 Å². The van der Waals surface area contributed by atoms with Gasteiger partial charge < -0.3 is 19.7 Å². The van der Waals surface area contributed by atoms with Gasteiger partial charge in [0, 0.05) is 0 Å². The van der Waals surface area contributed by atoms with Gasteiger partial charge in [-0.05, 0) is 31.5 Å². The lowest BCUT2D eigenvalue weighted by molar-refractivity contribution is -0.148.